The predicted molar refractivity (Wildman–Crippen MR) is 70.4 cm³/mol. The molecule has 1 aromatic carbocycles. The lowest BCUT2D eigenvalue weighted by Crippen LogP contribution is -1.96. The first kappa shape index (κ1) is 12.1. The summed E-state index contributed by atoms with van der Waals surface area (Å²) in [6.07, 6.45) is 0.803. The number of nitrogen functional groups attached to an aromatic ring is 1. The van der Waals surface area contributed by atoms with E-state index >= 15 is 0 Å². The zero-order valence-corrected chi connectivity index (χ0v) is 11.4. The first-order chi connectivity index (χ1) is 8.06. The molecule has 0 fully saturated rings. The summed E-state index contributed by atoms with van der Waals surface area (Å²) in [5.41, 5.74) is 7.28. The second kappa shape index (κ2) is 4.87. The van der Waals surface area contributed by atoms with E-state index in [4.69, 9.17) is 10.3 Å². The Morgan fingerprint density at radius 1 is 1.41 bits per heavy atom. The van der Waals surface area contributed by atoms with Crippen LogP contribution in [0.15, 0.2) is 27.2 Å². The van der Waals surface area contributed by atoms with Crippen LogP contribution in [0.3, 0.4) is 0 Å². The highest BCUT2D eigenvalue weighted by Crippen LogP contribution is 2.27. The maximum Gasteiger partial charge on any atom is 0.260 e. The molecule has 0 saturated carbocycles. The molecule has 1 heterocycles. The average Bonchev–Trinajstić information content (AvgIpc) is 2.69. The monoisotopic (exact) mass is 295 g/mol. The lowest BCUT2D eigenvalue weighted by atomic mass is 10.1. The van der Waals surface area contributed by atoms with Crippen molar-refractivity contribution in [2.24, 2.45) is 5.92 Å². The van der Waals surface area contributed by atoms with Gasteiger partial charge in [0.1, 0.15) is 0 Å². The zero-order valence-electron chi connectivity index (χ0n) is 9.77. The summed E-state index contributed by atoms with van der Waals surface area (Å²) in [6.45, 7) is 4.23. The minimum Gasteiger partial charge on any atom is -0.398 e. The third-order valence-electron chi connectivity index (χ3n) is 2.30. The fourth-order valence-electron chi connectivity index (χ4n) is 1.53. The van der Waals surface area contributed by atoms with Gasteiger partial charge in [-0.1, -0.05) is 34.9 Å². The number of benzene rings is 1. The van der Waals surface area contributed by atoms with E-state index in [2.05, 4.69) is 39.9 Å². The highest BCUT2D eigenvalue weighted by atomic mass is 79.9. The van der Waals surface area contributed by atoms with Crippen LogP contribution in [-0.2, 0) is 6.42 Å². The fourth-order valence-corrected chi connectivity index (χ4v) is 1.89. The highest BCUT2D eigenvalue weighted by Gasteiger charge is 2.12. The van der Waals surface area contributed by atoms with Gasteiger partial charge in [-0.2, -0.15) is 4.98 Å². The van der Waals surface area contributed by atoms with E-state index in [1.165, 1.54) is 0 Å². The number of hydrogen-bond donors (Lipinski definition) is 1. The molecule has 2 N–H and O–H groups in total. The van der Waals surface area contributed by atoms with Crippen LogP contribution >= 0.6 is 15.9 Å². The van der Waals surface area contributed by atoms with E-state index in [-0.39, 0.29) is 0 Å². The number of aromatic nitrogens is 2. The standard InChI is InChI=1S/C12H14BrN3O/c1-7(2)5-11-15-12(17-16-11)9-6-8(13)3-4-10(9)14/h3-4,6-7H,5,14H2,1-2H3. The molecule has 0 amide bonds. The van der Waals surface area contributed by atoms with Gasteiger partial charge in [-0.25, -0.2) is 0 Å². The fraction of sp³-hybridized carbons (Fsp3) is 0.333. The van der Waals surface area contributed by atoms with Crippen LogP contribution < -0.4 is 5.73 Å². The Labute approximate surface area is 108 Å². The third kappa shape index (κ3) is 2.85. The van der Waals surface area contributed by atoms with Crippen LogP contribution in [0, 0.1) is 5.92 Å². The van der Waals surface area contributed by atoms with Crippen LogP contribution in [-0.4, -0.2) is 10.1 Å². The molecule has 1 aromatic heterocycles. The first-order valence-electron chi connectivity index (χ1n) is 5.44. The van der Waals surface area contributed by atoms with Gasteiger partial charge >= 0.3 is 0 Å². The molecule has 0 saturated heterocycles. The molecule has 2 aromatic rings. The Morgan fingerprint density at radius 3 is 2.88 bits per heavy atom. The SMILES string of the molecule is CC(C)Cc1noc(-c2cc(Br)ccc2N)n1. The summed E-state index contributed by atoms with van der Waals surface area (Å²) in [4.78, 5) is 4.34. The van der Waals surface area contributed by atoms with E-state index in [0.29, 0.717) is 17.5 Å². The van der Waals surface area contributed by atoms with Gasteiger partial charge in [0.2, 0.25) is 0 Å². The molecule has 2 rings (SSSR count). The van der Waals surface area contributed by atoms with E-state index in [9.17, 15) is 0 Å². The van der Waals surface area contributed by atoms with Crippen molar-refractivity contribution < 1.29 is 4.52 Å². The molecule has 17 heavy (non-hydrogen) atoms. The molecule has 0 aliphatic heterocycles. The summed E-state index contributed by atoms with van der Waals surface area (Å²) in [5.74, 6) is 1.69. The van der Waals surface area contributed by atoms with Gasteiger partial charge in [-0.05, 0) is 24.1 Å². The summed E-state index contributed by atoms with van der Waals surface area (Å²) >= 11 is 3.40. The molecule has 0 unspecified atom stereocenters. The second-order valence-corrected chi connectivity index (χ2v) is 5.26. The van der Waals surface area contributed by atoms with Crippen molar-refractivity contribution in [2.75, 3.05) is 5.73 Å². The van der Waals surface area contributed by atoms with Crippen LogP contribution in [0.1, 0.15) is 19.7 Å². The van der Waals surface area contributed by atoms with Crippen molar-refractivity contribution in [3.05, 3.63) is 28.5 Å². The maximum absolute atomic E-state index is 5.88. The van der Waals surface area contributed by atoms with E-state index in [0.717, 1.165) is 22.3 Å². The predicted octanol–water partition coefficient (Wildman–Crippen LogP) is 3.28. The number of nitrogens with two attached hydrogens (primary N) is 1. The Kier molecular flexibility index (Phi) is 3.47. The van der Waals surface area contributed by atoms with E-state index in [1.807, 2.05) is 18.2 Å². The Balaban J connectivity index is 2.33. The van der Waals surface area contributed by atoms with Crippen molar-refractivity contribution >= 4 is 21.6 Å². The number of rotatable bonds is 3. The van der Waals surface area contributed by atoms with Gasteiger partial charge in [0, 0.05) is 16.6 Å². The molecule has 0 bridgehead atoms. The molecule has 0 spiro atoms. The molecule has 90 valence electrons. The molecular formula is C12H14BrN3O. The zero-order chi connectivity index (χ0) is 12.4. The molecule has 4 nitrogen and oxygen atoms in total. The van der Waals surface area contributed by atoms with Gasteiger partial charge < -0.3 is 10.3 Å². The summed E-state index contributed by atoms with van der Waals surface area (Å²) < 4.78 is 6.16. The summed E-state index contributed by atoms with van der Waals surface area (Å²) in [5, 5.41) is 3.95. The van der Waals surface area contributed by atoms with Crippen LogP contribution in [0.4, 0.5) is 5.69 Å². The quantitative estimate of drug-likeness (QED) is 0.883. The van der Waals surface area contributed by atoms with Crippen LogP contribution in [0.25, 0.3) is 11.5 Å². The molecule has 0 atom stereocenters. The summed E-state index contributed by atoms with van der Waals surface area (Å²) in [6, 6.07) is 5.57. The summed E-state index contributed by atoms with van der Waals surface area (Å²) in [7, 11) is 0. The van der Waals surface area contributed by atoms with Crippen molar-refractivity contribution in [1.82, 2.24) is 10.1 Å². The van der Waals surface area contributed by atoms with Crippen molar-refractivity contribution in [2.45, 2.75) is 20.3 Å². The smallest absolute Gasteiger partial charge is 0.260 e. The average molecular weight is 296 g/mol. The number of anilines is 1. The van der Waals surface area contributed by atoms with Crippen molar-refractivity contribution in [3.63, 3.8) is 0 Å². The largest absolute Gasteiger partial charge is 0.398 e. The maximum atomic E-state index is 5.88. The Hall–Kier alpha value is -1.36. The third-order valence-corrected chi connectivity index (χ3v) is 2.80. The molecule has 0 aliphatic carbocycles. The lowest BCUT2D eigenvalue weighted by molar-refractivity contribution is 0.418. The molecular weight excluding hydrogens is 282 g/mol. The number of halogens is 1. The normalized spacial score (nSPS) is 11.1. The Bertz CT molecular complexity index is 522. The van der Waals surface area contributed by atoms with Gasteiger partial charge in [0.25, 0.3) is 5.89 Å². The molecule has 5 heteroatoms. The minimum atomic E-state index is 0.472. The van der Waals surface area contributed by atoms with Crippen LogP contribution in [0.5, 0.6) is 0 Å². The lowest BCUT2D eigenvalue weighted by Gasteiger charge is -2.00. The van der Waals surface area contributed by atoms with Crippen LogP contribution in [0.2, 0.25) is 0 Å². The second-order valence-electron chi connectivity index (χ2n) is 4.35. The van der Waals surface area contributed by atoms with Crippen molar-refractivity contribution in [1.29, 1.82) is 0 Å². The first-order valence-corrected chi connectivity index (χ1v) is 6.23. The van der Waals surface area contributed by atoms with Gasteiger partial charge in [-0.15, -0.1) is 0 Å². The molecule has 0 aliphatic rings. The number of hydrogen-bond acceptors (Lipinski definition) is 4. The molecule has 0 radical (unpaired) electrons. The van der Waals surface area contributed by atoms with Gasteiger partial charge in [-0.3, -0.25) is 0 Å². The topological polar surface area (TPSA) is 64.9 Å². The Morgan fingerprint density at radius 2 is 2.18 bits per heavy atom. The van der Waals surface area contributed by atoms with E-state index < -0.39 is 0 Å². The van der Waals surface area contributed by atoms with Gasteiger partial charge in [0.05, 0.1) is 5.56 Å². The van der Waals surface area contributed by atoms with E-state index in [1.54, 1.807) is 0 Å². The highest BCUT2D eigenvalue weighted by molar-refractivity contribution is 9.10. The minimum absolute atomic E-state index is 0.472. The number of nitrogens with zero attached hydrogens (tertiary/aromatic N) is 2. The van der Waals surface area contributed by atoms with Gasteiger partial charge in [0.15, 0.2) is 5.82 Å². The van der Waals surface area contributed by atoms with Crippen molar-refractivity contribution in [3.8, 4) is 11.5 Å².